The molecule has 0 bridgehead atoms. The number of ether oxygens (including phenoxy) is 1. The second-order valence-electron chi connectivity index (χ2n) is 5.59. The number of hydrogen-bond donors (Lipinski definition) is 1. The molecule has 0 unspecified atom stereocenters. The first-order chi connectivity index (χ1) is 10.2. The Morgan fingerprint density at radius 1 is 1.29 bits per heavy atom. The monoisotopic (exact) mass is 294 g/mol. The van der Waals surface area contributed by atoms with E-state index in [1.165, 1.54) is 12.8 Å². The third-order valence-electron chi connectivity index (χ3n) is 3.98. The molecule has 1 aromatic heterocycles. The second-order valence-corrected chi connectivity index (χ2v) is 5.59. The highest BCUT2D eigenvalue weighted by atomic mass is 19.1. The van der Waals surface area contributed by atoms with Crippen molar-refractivity contribution in [2.24, 2.45) is 0 Å². The van der Waals surface area contributed by atoms with Crippen molar-refractivity contribution in [1.82, 2.24) is 20.2 Å². The summed E-state index contributed by atoms with van der Waals surface area (Å²) in [6, 6.07) is 0.449. The molecule has 0 radical (unpaired) electrons. The summed E-state index contributed by atoms with van der Waals surface area (Å²) in [5.41, 5.74) is 0. The fourth-order valence-electron chi connectivity index (χ4n) is 2.86. The molecule has 1 aliphatic heterocycles. The molecule has 114 valence electrons. The lowest BCUT2D eigenvalue weighted by Crippen LogP contribution is -2.43. The van der Waals surface area contributed by atoms with Gasteiger partial charge in [-0.05, 0) is 12.8 Å². The van der Waals surface area contributed by atoms with Gasteiger partial charge < -0.3 is 15.0 Å². The largest absolute Gasteiger partial charge is 0.458 e. The van der Waals surface area contributed by atoms with E-state index < -0.39 is 5.82 Å². The molecule has 0 aromatic carbocycles. The normalized spacial score (nSPS) is 22.5. The van der Waals surface area contributed by atoms with E-state index in [0.29, 0.717) is 19.1 Å². The van der Waals surface area contributed by atoms with Crippen LogP contribution in [0.1, 0.15) is 32.1 Å². The molecule has 1 N–H and O–H groups in total. The third-order valence-corrected chi connectivity index (χ3v) is 3.98. The predicted octanol–water partition coefficient (Wildman–Crippen LogP) is 1.72. The highest BCUT2D eigenvalue weighted by Crippen LogP contribution is 2.19. The molecule has 1 aromatic rings. The van der Waals surface area contributed by atoms with E-state index in [4.69, 9.17) is 4.74 Å². The summed E-state index contributed by atoms with van der Waals surface area (Å²) < 4.78 is 18.3. The zero-order valence-corrected chi connectivity index (χ0v) is 11.8. The zero-order chi connectivity index (χ0) is 14.7. The van der Waals surface area contributed by atoms with Gasteiger partial charge in [0.15, 0.2) is 5.82 Å². The van der Waals surface area contributed by atoms with E-state index in [0.717, 1.165) is 31.7 Å². The number of aromatic nitrogens is 2. The van der Waals surface area contributed by atoms with Crippen molar-refractivity contribution in [3.05, 3.63) is 18.2 Å². The van der Waals surface area contributed by atoms with Gasteiger partial charge in [-0.2, -0.15) is 0 Å². The van der Waals surface area contributed by atoms with Crippen molar-refractivity contribution >= 4 is 6.03 Å². The van der Waals surface area contributed by atoms with Crippen molar-refractivity contribution in [3.63, 3.8) is 0 Å². The fourth-order valence-corrected chi connectivity index (χ4v) is 2.86. The minimum absolute atomic E-state index is 0.0203. The van der Waals surface area contributed by atoms with Gasteiger partial charge in [0.2, 0.25) is 0 Å². The lowest BCUT2D eigenvalue weighted by Gasteiger charge is -2.20. The lowest BCUT2D eigenvalue weighted by molar-refractivity contribution is 0.176. The van der Waals surface area contributed by atoms with Crippen LogP contribution in [0.25, 0.3) is 0 Å². The Kier molecular flexibility index (Phi) is 4.17. The lowest BCUT2D eigenvalue weighted by atomic mass is 10.2. The first-order valence-corrected chi connectivity index (χ1v) is 7.40. The predicted molar refractivity (Wildman–Crippen MR) is 73.4 cm³/mol. The standard InChI is InChI=1S/C14H19FN4O2/c15-10-7-16-13(17-8-10)21-12-5-6-19(9-12)14(20)18-11-3-1-2-4-11/h7-8,11-12H,1-6,9H2,(H,18,20)/t12-/m0/s1. The van der Waals surface area contributed by atoms with Crippen LogP contribution >= 0.6 is 0 Å². The Morgan fingerprint density at radius 3 is 2.71 bits per heavy atom. The number of hydrogen-bond acceptors (Lipinski definition) is 4. The number of amides is 2. The highest BCUT2D eigenvalue weighted by Gasteiger charge is 2.29. The van der Waals surface area contributed by atoms with Gasteiger partial charge in [0.1, 0.15) is 6.10 Å². The summed E-state index contributed by atoms with van der Waals surface area (Å²) in [4.78, 5) is 21.4. The van der Waals surface area contributed by atoms with E-state index >= 15 is 0 Å². The first-order valence-electron chi connectivity index (χ1n) is 7.40. The maximum Gasteiger partial charge on any atom is 0.317 e. The van der Waals surface area contributed by atoms with Crippen molar-refractivity contribution in [3.8, 4) is 6.01 Å². The Hall–Kier alpha value is -1.92. The SMILES string of the molecule is O=C(NC1CCCC1)N1CC[C@H](Oc2ncc(F)cn2)C1. The van der Waals surface area contributed by atoms with E-state index in [-0.39, 0.29) is 18.1 Å². The molecule has 1 atom stereocenters. The molecular formula is C14H19FN4O2. The topological polar surface area (TPSA) is 67.4 Å². The van der Waals surface area contributed by atoms with E-state index in [1.807, 2.05) is 0 Å². The van der Waals surface area contributed by atoms with Gasteiger partial charge in [0, 0.05) is 19.0 Å². The van der Waals surface area contributed by atoms with Gasteiger partial charge in [-0.1, -0.05) is 12.8 Å². The number of halogens is 1. The molecule has 2 amide bonds. The maximum atomic E-state index is 12.7. The van der Waals surface area contributed by atoms with Gasteiger partial charge in [0.25, 0.3) is 0 Å². The third kappa shape index (κ3) is 3.59. The van der Waals surface area contributed by atoms with Crippen LogP contribution in [-0.2, 0) is 0 Å². The van der Waals surface area contributed by atoms with E-state index in [9.17, 15) is 9.18 Å². The highest BCUT2D eigenvalue weighted by molar-refractivity contribution is 5.74. The molecule has 1 aliphatic carbocycles. The Labute approximate surface area is 122 Å². The average Bonchev–Trinajstić information content (AvgIpc) is 3.13. The number of nitrogens with zero attached hydrogens (tertiary/aromatic N) is 3. The smallest absolute Gasteiger partial charge is 0.317 e. The van der Waals surface area contributed by atoms with Crippen molar-refractivity contribution < 1.29 is 13.9 Å². The van der Waals surface area contributed by atoms with Gasteiger partial charge in [-0.25, -0.2) is 19.2 Å². The molecule has 2 fully saturated rings. The summed E-state index contributed by atoms with van der Waals surface area (Å²) >= 11 is 0. The number of likely N-dealkylation sites (tertiary alicyclic amines) is 1. The van der Waals surface area contributed by atoms with Crippen LogP contribution in [0.4, 0.5) is 9.18 Å². The molecule has 3 rings (SSSR count). The molecule has 2 aliphatic rings. The Balaban J connectivity index is 1.48. The molecule has 0 spiro atoms. The number of nitrogens with one attached hydrogen (secondary N) is 1. The van der Waals surface area contributed by atoms with E-state index in [1.54, 1.807) is 4.90 Å². The summed E-state index contributed by atoms with van der Waals surface area (Å²) in [6.07, 6.45) is 7.27. The van der Waals surface area contributed by atoms with Gasteiger partial charge in [0.05, 0.1) is 18.9 Å². The number of carbonyl (C=O) groups excluding carboxylic acids is 1. The molecule has 1 saturated carbocycles. The quantitative estimate of drug-likeness (QED) is 0.921. The molecule has 21 heavy (non-hydrogen) atoms. The number of urea groups is 1. The molecular weight excluding hydrogens is 275 g/mol. The molecule has 2 heterocycles. The fraction of sp³-hybridized carbons (Fsp3) is 0.643. The summed E-state index contributed by atoms with van der Waals surface area (Å²) in [7, 11) is 0. The van der Waals surface area contributed by atoms with Crippen LogP contribution in [0.5, 0.6) is 6.01 Å². The first kappa shape index (κ1) is 14.0. The Bertz CT molecular complexity index is 490. The maximum absolute atomic E-state index is 12.7. The van der Waals surface area contributed by atoms with Gasteiger partial charge >= 0.3 is 12.0 Å². The van der Waals surface area contributed by atoms with Crippen LogP contribution < -0.4 is 10.1 Å². The average molecular weight is 294 g/mol. The van der Waals surface area contributed by atoms with Crippen molar-refractivity contribution in [2.75, 3.05) is 13.1 Å². The van der Waals surface area contributed by atoms with Crippen LogP contribution in [0, 0.1) is 5.82 Å². The van der Waals surface area contributed by atoms with E-state index in [2.05, 4.69) is 15.3 Å². The minimum atomic E-state index is -0.494. The summed E-state index contributed by atoms with van der Waals surface area (Å²) in [5, 5.41) is 3.06. The van der Waals surface area contributed by atoms with Crippen LogP contribution in [0.3, 0.4) is 0 Å². The second kappa shape index (κ2) is 6.24. The van der Waals surface area contributed by atoms with Gasteiger partial charge in [-0.3, -0.25) is 0 Å². The van der Waals surface area contributed by atoms with Crippen molar-refractivity contribution in [2.45, 2.75) is 44.2 Å². The van der Waals surface area contributed by atoms with Gasteiger partial charge in [-0.15, -0.1) is 0 Å². The molecule has 1 saturated heterocycles. The number of carbonyl (C=O) groups is 1. The van der Waals surface area contributed by atoms with Crippen LogP contribution in [0.15, 0.2) is 12.4 Å². The van der Waals surface area contributed by atoms with Crippen LogP contribution in [0.2, 0.25) is 0 Å². The van der Waals surface area contributed by atoms with Crippen LogP contribution in [-0.4, -0.2) is 46.1 Å². The zero-order valence-electron chi connectivity index (χ0n) is 11.8. The summed E-state index contributed by atoms with van der Waals surface area (Å²) in [6.45, 7) is 1.17. The van der Waals surface area contributed by atoms with Crippen molar-refractivity contribution in [1.29, 1.82) is 0 Å². The molecule has 6 nitrogen and oxygen atoms in total. The summed E-state index contributed by atoms with van der Waals surface area (Å²) in [5.74, 6) is -0.494. The minimum Gasteiger partial charge on any atom is -0.458 e. The Morgan fingerprint density at radius 2 is 2.00 bits per heavy atom. The molecule has 7 heteroatoms. The number of rotatable bonds is 3.